The van der Waals surface area contributed by atoms with Crippen LogP contribution in [-0.2, 0) is 0 Å². The summed E-state index contributed by atoms with van der Waals surface area (Å²) in [7, 11) is 0. The number of hydrogen-bond donors (Lipinski definition) is 0. The number of fused-ring (bicyclic) bond motifs is 8. The minimum absolute atomic E-state index is 0.109. The lowest BCUT2D eigenvalue weighted by Crippen LogP contribution is -2.33. The third-order valence-corrected chi connectivity index (χ3v) is 9.94. The van der Waals surface area contributed by atoms with Gasteiger partial charge in [0.15, 0.2) is 5.58 Å². The molecule has 2 aliphatic rings. The third-order valence-electron chi connectivity index (χ3n) is 9.94. The first-order chi connectivity index (χ1) is 23.7. The largest absolute Gasteiger partial charge is 0.454 e. The standard InChI is InChI=1S/C44H31N3O/c1-3-4-16-38-28(2)32-14-8-10-17-39(32)47(38)41-25-29(27-45)19-21-33(41)30-20-24-40-37(26-30)35-22-23-36-34-15-9-11-18-42(34)48-44(36)43(35)46(40)31-12-6-5-7-13-31/h3-26,32,39H,1H2,2H3/b16-4-. The van der Waals surface area contributed by atoms with Crippen molar-refractivity contribution in [2.75, 3.05) is 4.90 Å². The predicted molar refractivity (Wildman–Crippen MR) is 198 cm³/mol. The van der Waals surface area contributed by atoms with E-state index in [0.717, 1.165) is 71.9 Å². The lowest BCUT2D eigenvalue weighted by atomic mass is 9.91. The van der Waals surface area contributed by atoms with Crippen LogP contribution in [-0.4, -0.2) is 10.6 Å². The van der Waals surface area contributed by atoms with Crippen molar-refractivity contribution in [3.05, 3.63) is 169 Å². The quantitative estimate of drug-likeness (QED) is 0.181. The number of para-hydroxylation sites is 2. The van der Waals surface area contributed by atoms with E-state index >= 15 is 0 Å². The minimum atomic E-state index is 0.109. The van der Waals surface area contributed by atoms with Gasteiger partial charge in [0.2, 0.25) is 0 Å². The van der Waals surface area contributed by atoms with Gasteiger partial charge >= 0.3 is 0 Å². The number of benzene rings is 5. The Morgan fingerprint density at radius 3 is 2.48 bits per heavy atom. The van der Waals surface area contributed by atoms with Gasteiger partial charge in [0, 0.05) is 44.4 Å². The Labute approximate surface area is 278 Å². The van der Waals surface area contributed by atoms with Crippen molar-refractivity contribution in [1.29, 1.82) is 5.26 Å². The van der Waals surface area contributed by atoms with Gasteiger partial charge in [0.1, 0.15) is 5.58 Å². The molecule has 48 heavy (non-hydrogen) atoms. The van der Waals surface area contributed by atoms with Gasteiger partial charge in [-0.3, -0.25) is 0 Å². The first-order valence-corrected chi connectivity index (χ1v) is 16.3. The van der Waals surface area contributed by atoms with E-state index in [1.165, 1.54) is 5.57 Å². The summed E-state index contributed by atoms with van der Waals surface area (Å²) in [5, 5.41) is 14.5. The van der Waals surface area contributed by atoms with Crippen molar-refractivity contribution in [2.24, 2.45) is 5.92 Å². The summed E-state index contributed by atoms with van der Waals surface area (Å²) in [6.07, 6.45) is 14.7. The summed E-state index contributed by atoms with van der Waals surface area (Å²) < 4.78 is 8.93. The lowest BCUT2D eigenvalue weighted by Gasteiger charge is -2.32. The number of hydrogen-bond acceptors (Lipinski definition) is 3. The molecule has 3 heterocycles. The summed E-state index contributed by atoms with van der Waals surface area (Å²) in [5.41, 5.74) is 11.2. The monoisotopic (exact) mass is 617 g/mol. The smallest absolute Gasteiger partial charge is 0.160 e. The van der Waals surface area contributed by atoms with E-state index in [-0.39, 0.29) is 12.0 Å². The maximum Gasteiger partial charge on any atom is 0.160 e. The van der Waals surface area contributed by atoms with Crippen molar-refractivity contribution < 1.29 is 4.42 Å². The van der Waals surface area contributed by atoms with E-state index < -0.39 is 0 Å². The number of anilines is 1. The molecule has 4 nitrogen and oxygen atoms in total. The lowest BCUT2D eigenvalue weighted by molar-refractivity contribution is 0.671. The molecule has 5 aromatic carbocycles. The molecule has 9 rings (SSSR count). The Balaban J connectivity index is 1.32. The average Bonchev–Trinajstić information content (AvgIpc) is 3.78. The summed E-state index contributed by atoms with van der Waals surface area (Å²) in [6.45, 7) is 6.14. The molecule has 0 N–H and O–H groups in total. The normalized spacial score (nSPS) is 17.4. The second kappa shape index (κ2) is 10.9. The third kappa shape index (κ3) is 4.08. The molecule has 4 heteroatoms. The molecular formula is C44H31N3O. The summed E-state index contributed by atoms with van der Waals surface area (Å²) in [6, 6.07) is 38.5. The van der Waals surface area contributed by atoms with Crippen LogP contribution in [0, 0.1) is 17.2 Å². The van der Waals surface area contributed by atoms with Crippen molar-refractivity contribution >= 4 is 49.4 Å². The van der Waals surface area contributed by atoms with Gasteiger partial charge in [-0.25, -0.2) is 0 Å². The number of aromatic nitrogens is 1. The Bertz CT molecular complexity index is 2620. The SMILES string of the molecule is C=C/C=C\C1=C(C)C2C=CC=CC2N1c1cc(C#N)ccc1-c1ccc2c(c1)c1ccc3c4ccccc4oc3c1n2-c1ccccc1. The van der Waals surface area contributed by atoms with Crippen molar-refractivity contribution in [3.8, 4) is 22.9 Å². The maximum atomic E-state index is 10.0. The molecule has 0 spiro atoms. The predicted octanol–water partition coefficient (Wildman–Crippen LogP) is 11.2. The van der Waals surface area contributed by atoms with Crippen LogP contribution in [0.15, 0.2) is 168 Å². The van der Waals surface area contributed by atoms with Crippen LogP contribution < -0.4 is 4.90 Å². The molecule has 2 unspecified atom stereocenters. The Morgan fingerprint density at radius 2 is 1.62 bits per heavy atom. The zero-order valence-electron chi connectivity index (χ0n) is 26.5. The number of nitrogens with zero attached hydrogens (tertiary/aromatic N) is 3. The molecule has 2 aromatic heterocycles. The molecule has 0 amide bonds. The fraction of sp³-hybridized carbons (Fsp3) is 0.0682. The van der Waals surface area contributed by atoms with Crippen LogP contribution in [0.25, 0.3) is 60.6 Å². The fourth-order valence-corrected chi connectivity index (χ4v) is 7.76. The zero-order valence-corrected chi connectivity index (χ0v) is 26.5. The Morgan fingerprint density at radius 1 is 0.812 bits per heavy atom. The highest BCUT2D eigenvalue weighted by molar-refractivity contribution is 6.22. The van der Waals surface area contributed by atoms with Gasteiger partial charge in [0.05, 0.1) is 34.4 Å². The second-order valence-electron chi connectivity index (χ2n) is 12.5. The molecular weight excluding hydrogens is 587 g/mol. The summed E-state index contributed by atoms with van der Waals surface area (Å²) >= 11 is 0. The molecule has 1 aliphatic heterocycles. The van der Waals surface area contributed by atoms with E-state index in [9.17, 15) is 5.26 Å². The van der Waals surface area contributed by atoms with Gasteiger partial charge in [-0.15, -0.1) is 0 Å². The van der Waals surface area contributed by atoms with Gasteiger partial charge < -0.3 is 13.9 Å². The molecule has 228 valence electrons. The van der Waals surface area contributed by atoms with Gasteiger partial charge in [-0.1, -0.05) is 97.6 Å². The van der Waals surface area contributed by atoms with Gasteiger partial charge in [-0.05, 0) is 72.7 Å². The zero-order chi connectivity index (χ0) is 32.4. The molecule has 0 fully saturated rings. The Kier molecular flexibility index (Phi) is 6.35. The second-order valence-corrected chi connectivity index (χ2v) is 12.5. The van der Waals surface area contributed by atoms with Crippen LogP contribution in [0.4, 0.5) is 5.69 Å². The number of nitriles is 1. The molecule has 0 bridgehead atoms. The number of allylic oxidation sites excluding steroid dienone is 5. The van der Waals surface area contributed by atoms with Crippen molar-refractivity contribution in [2.45, 2.75) is 13.0 Å². The average molecular weight is 618 g/mol. The van der Waals surface area contributed by atoms with Gasteiger partial charge in [-0.2, -0.15) is 5.26 Å². The Hall–Kier alpha value is -6.31. The summed E-state index contributed by atoms with van der Waals surface area (Å²) in [5.74, 6) is 0.246. The van der Waals surface area contributed by atoms with Crippen LogP contribution in [0.5, 0.6) is 0 Å². The fourth-order valence-electron chi connectivity index (χ4n) is 7.76. The van der Waals surface area contributed by atoms with Crippen molar-refractivity contribution in [3.63, 3.8) is 0 Å². The first kappa shape index (κ1) is 28.0. The molecule has 2 atom stereocenters. The molecule has 0 radical (unpaired) electrons. The number of rotatable bonds is 5. The van der Waals surface area contributed by atoms with E-state index in [2.05, 4.69) is 132 Å². The minimum Gasteiger partial charge on any atom is -0.454 e. The molecule has 0 saturated carbocycles. The highest BCUT2D eigenvalue weighted by atomic mass is 16.3. The van der Waals surface area contributed by atoms with Gasteiger partial charge in [0.25, 0.3) is 0 Å². The summed E-state index contributed by atoms with van der Waals surface area (Å²) in [4.78, 5) is 2.39. The molecule has 7 aromatic rings. The van der Waals surface area contributed by atoms with Crippen LogP contribution in [0.2, 0.25) is 0 Å². The van der Waals surface area contributed by atoms with E-state index in [4.69, 9.17) is 4.42 Å². The van der Waals surface area contributed by atoms with Crippen LogP contribution in [0.3, 0.4) is 0 Å². The number of furan rings is 1. The molecule has 0 saturated heterocycles. The molecule has 1 aliphatic carbocycles. The van der Waals surface area contributed by atoms with E-state index in [1.807, 2.05) is 42.5 Å². The highest BCUT2D eigenvalue weighted by Gasteiger charge is 2.37. The van der Waals surface area contributed by atoms with Crippen LogP contribution in [0.1, 0.15) is 12.5 Å². The van der Waals surface area contributed by atoms with Crippen molar-refractivity contribution in [1.82, 2.24) is 4.57 Å². The van der Waals surface area contributed by atoms with Crippen LogP contribution >= 0.6 is 0 Å². The highest BCUT2D eigenvalue weighted by Crippen LogP contribution is 2.46. The van der Waals surface area contributed by atoms with E-state index in [0.29, 0.717) is 5.56 Å². The topological polar surface area (TPSA) is 45.1 Å². The maximum absolute atomic E-state index is 10.0. The first-order valence-electron chi connectivity index (χ1n) is 16.3. The van der Waals surface area contributed by atoms with E-state index in [1.54, 1.807) is 0 Å².